The molecule has 114 valence electrons. The Morgan fingerprint density at radius 2 is 2.19 bits per heavy atom. The number of nitrogens with one attached hydrogen (secondary N) is 1. The Morgan fingerprint density at radius 1 is 1.38 bits per heavy atom. The van der Waals surface area contributed by atoms with E-state index in [4.69, 9.17) is 4.74 Å². The third-order valence-corrected chi connectivity index (χ3v) is 3.04. The van der Waals surface area contributed by atoms with Crippen molar-refractivity contribution in [2.45, 2.75) is 33.9 Å². The minimum Gasteiger partial charge on any atom is -0.451 e. The minimum absolute atomic E-state index is 0.221. The van der Waals surface area contributed by atoms with Crippen LogP contribution in [0.4, 0.5) is 4.39 Å². The molecule has 0 atom stereocenters. The van der Waals surface area contributed by atoms with E-state index in [0.29, 0.717) is 18.2 Å². The van der Waals surface area contributed by atoms with E-state index in [2.05, 4.69) is 24.3 Å². The van der Waals surface area contributed by atoms with Crippen molar-refractivity contribution < 1.29 is 9.13 Å². The zero-order valence-corrected chi connectivity index (χ0v) is 12.8. The highest BCUT2D eigenvalue weighted by molar-refractivity contribution is 5.33. The van der Waals surface area contributed by atoms with E-state index >= 15 is 0 Å². The van der Waals surface area contributed by atoms with E-state index in [-0.39, 0.29) is 11.6 Å². The molecule has 1 N–H and O–H groups in total. The molecule has 1 aromatic carbocycles. The average molecular weight is 291 g/mol. The van der Waals surface area contributed by atoms with Crippen LogP contribution in [0.2, 0.25) is 0 Å². The standard InChI is InChI=1S/C16H22FN3O/c1-4-20-11-14(10-19-20)21-16-6-5-13(7-15(16)17)9-18-8-12(2)3/h5-7,10-12,18H,4,8-9H2,1-3H3. The molecule has 5 heteroatoms. The summed E-state index contributed by atoms with van der Waals surface area (Å²) in [5.41, 5.74) is 0.907. The van der Waals surface area contributed by atoms with Gasteiger partial charge in [-0.1, -0.05) is 19.9 Å². The van der Waals surface area contributed by atoms with Crippen LogP contribution in [-0.2, 0) is 13.1 Å². The van der Waals surface area contributed by atoms with Gasteiger partial charge in [-0.15, -0.1) is 0 Å². The molecule has 0 bridgehead atoms. The van der Waals surface area contributed by atoms with Gasteiger partial charge < -0.3 is 10.1 Å². The van der Waals surface area contributed by atoms with Crippen LogP contribution in [0.1, 0.15) is 26.3 Å². The van der Waals surface area contributed by atoms with Crippen LogP contribution < -0.4 is 10.1 Å². The number of aryl methyl sites for hydroxylation is 1. The van der Waals surface area contributed by atoms with Gasteiger partial charge >= 0.3 is 0 Å². The summed E-state index contributed by atoms with van der Waals surface area (Å²) in [6, 6.07) is 5.04. The van der Waals surface area contributed by atoms with Crippen molar-refractivity contribution in [3.8, 4) is 11.5 Å². The van der Waals surface area contributed by atoms with Gasteiger partial charge in [0.05, 0.1) is 12.4 Å². The predicted molar refractivity (Wildman–Crippen MR) is 80.9 cm³/mol. The second-order valence-electron chi connectivity index (χ2n) is 5.42. The first-order chi connectivity index (χ1) is 10.1. The molecule has 0 aliphatic rings. The van der Waals surface area contributed by atoms with Crippen LogP contribution in [0.3, 0.4) is 0 Å². The van der Waals surface area contributed by atoms with Crippen molar-refractivity contribution >= 4 is 0 Å². The first-order valence-electron chi connectivity index (χ1n) is 7.28. The number of rotatable bonds is 7. The molecule has 4 nitrogen and oxygen atoms in total. The summed E-state index contributed by atoms with van der Waals surface area (Å²) in [5, 5.41) is 7.38. The first-order valence-corrected chi connectivity index (χ1v) is 7.28. The van der Waals surface area contributed by atoms with Crippen molar-refractivity contribution in [2.75, 3.05) is 6.54 Å². The molecule has 0 fully saturated rings. The Balaban J connectivity index is 1.98. The van der Waals surface area contributed by atoms with E-state index < -0.39 is 0 Å². The van der Waals surface area contributed by atoms with E-state index in [0.717, 1.165) is 18.7 Å². The maximum atomic E-state index is 14.0. The van der Waals surface area contributed by atoms with Crippen molar-refractivity contribution in [1.29, 1.82) is 0 Å². The number of hydrogen-bond acceptors (Lipinski definition) is 3. The van der Waals surface area contributed by atoms with Gasteiger partial charge in [0.2, 0.25) is 0 Å². The van der Waals surface area contributed by atoms with Crippen molar-refractivity contribution in [3.05, 3.63) is 42.0 Å². The van der Waals surface area contributed by atoms with Gasteiger partial charge in [-0.3, -0.25) is 4.68 Å². The third-order valence-electron chi connectivity index (χ3n) is 3.04. The number of halogens is 1. The molecule has 0 unspecified atom stereocenters. The largest absolute Gasteiger partial charge is 0.451 e. The van der Waals surface area contributed by atoms with Crippen LogP contribution in [0.25, 0.3) is 0 Å². The fraction of sp³-hybridized carbons (Fsp3) is 0.438. The lowest BCUT2D eigenvalue weighted by Gasteiger charge is -2.09. The summed E-state index contributed by atoms with van der Waals surface area (Å²) in [7, 11) is 0. The zero-order valence-electron chi connectivity index (χ0n) is 12.8. The summed E-state index contributed by atoms with van der Waals surface area (Å²) < 4.78 is 21.3. The molecule has 21 heavy (non-hydrogen) atoms. The molecule has 0 saturated carbocycles. The molecule has 2 aromatic rings. The first kappa shape index (κ1) is 15.5. The Morgan fingerprint density at radius 3 is 2.81 bits per heavy atom. The van der Waals surface area contributed by atoms with Gasteiger partial charge in [-0.05, 0) is 37.1 Å². The quantitative estimate of drug-likeness (QED) is 0.847. The maximum absolute atomic E-state index is 14.0. The van der Waals surface area contributed by atoms with Crippen LogP contribution in [0.5, 0.6) is 11.5 Å². The Labute approximate surface area is 124 Å². The van der Waals surface area contributed by atoms with E-state index in [1.807, 2.05) is 13.0 Å². The Kier molecular flexibility index (Phi) is 5.33. The van der Waals surface area contributed by atoms with E-state index in [9.17, 15) is 4.39 Å². The average Bonchev–Trinajstić information content (AvgIpc) is 2.89. The SMILES string of the molecule is CCn1cc(Oc2ccc(CNCC(C)C)cc2F)cn1. The van der Waals surface area contributed by atoms with Crippen molar-refractivity contribution in [3.63, 3.8) is 0 Å². The van der Waals surface area contributed by atoms with Crippen molar-refractivity contribution in [1.82, 2.24) is 15.1 Å². The molecule has 0 saturated heterocycles. The summed E-state index contributed by atoms with van der Waals surface area (Å²) in [5.74, 6) is 0.982. The molecule has 1 aromatic heterocycles. The molecule has 1 heterocycles. The lowest BCUT2D eigenvalue weighted by Crippen LogP contribution is -2.18. The normalized spacial score (nSPS) is 11.1. The topological polar surface area (TPSA) is 39.1 Å². The second-order valence-corrected chi connectivity index (χ2v) is 5.42. The molecule has 0 aliphatic heterocycles. The monoisotopic (exact) mass is 291 g/mol. The van der Waals surface area contributed by atoms with Gasteiger partial charge in [0.25, 0.3) is 0 Å². The summed E-state index contributed by atoms with van der Waals surface area (Å²) >= 11 is 0. The Hall–Kier alpha value is -1.88. The summed E-state index contributed by atoms with van der Waals surface area (Å²) in [6.07, 6.45) is 3.33. The predicted octanol–water partition coefficient (Wildman–Crippen LogP) is 3.58. The lowest BCUT2D eigenvalue weighted by molar-refractivity contribution is 0.440. The number of ether oxygens (including phenoxy) is 1. The van der Waals surface area contributed by atoms with Gasteiger partial charge in [0.15, 0.2) is 17.3 Å². The highest BCUT2D eigenvalue weighted by Gasteiger charge is 2.07. The minimum atomic E-state index is -0.358. The summed E-state index contributed by atoms with van der Waals surface area (Å²) in [4.78, 5) is 0. The third kappa shape index (κ3) is 4.56. The van der Waals surface area contributed by atoms with Crippen LogP contribution in [-0.4, -0.2) is 16.3 Å². The number of aromatic nitrogens is 2. The van der Waals surface area contributed by atoms with E-state index in [1.165, 1.54) is 6.07 Å². The Bertz CT molecular complexity index is 581. The van der Waals surface area contributed by atoms with Crippen LogP contribution in [0, 0.1) is 11.7 Å². The molecular weight excluding hydrogens is 269 g/mol. The fourth-order valence-corrected chi connectivity index (χ4v) is 1.94. The molecule has 0 amide bonds. The summed E-state index contributed by atoms with van der Waals surface area (Å²) in [6.45, 7) is 8.59. The number of hydrogen-bond donors (Lipinski definition) is 1. The zero-order chi connectivity index (χ0) is 15.2. The smallest absolute Gasteiger partial charge is 0.166 e. The fourth-order valence-electron chi connectivity index (χ4n) is 1.94. The molecular formula is C16H22FN3O. The highest BCUT2D eigenvalue weighted by Crippen LogP contribution is 2.24. The van der Waals surface area contributed by atoms with Gasteiger partial charge in [-0.25, -0.2) is 4.39 Å². The molecule has 0 aliphatic carbocycles. The molecule has 2 rings (SSSR count). The van der Waals surface area contributed by atoms with Gasteiger partial charge in [0.1, 0.15) is 0 Å². The lowest BCUT2D eigenvalue weighted by atomic mass is 10.2. The maximum Gasteiger partial charge on any atom is 0.166 e. The van der Waals surface area contributed by atoms with Gasteiger partial charge in [0, 0.05) is 13.1 Å². The number of benzene rings is 1. The van der Waals surface area contributed by atoms with Crippen LogP contribution >= 0.6 is 0 Å². The van der Waals surface area contributed by atoms with Crippen molar-refractivity contribution in [2.24, 2.45) is 5.92 Å². The van der Waals surface area contributed by atoms with Crippen LogP contribution in [0.15, 0.2) is 30.6 Å². The molecule has 0 spiro atoms. The second kappa shape index (κ2) is 7.22. The van der Waals surface area contributed by atoms with E-state index in [1.54, 1.807) is 23.1 Å². The number of nitrogens with zero attached hydrogens (tertiary/aromatic N) is 2. The highest BCUT2D eigenvalue weighted by atomic mass is 19.1. The molecule has 0 radical (unpaired) electrons. The van der Waals surface area contributed by atoms with Gasteiger partial charge in [-0.2, -0.15) is 5.10 Å².